The number of aromatic hydroxyl groups is 2. The molecule has 2 atom stereocenters. The lowest BCUT2D eigenvalue weighted by atomic mass is 10.0. The van der Waals surface area contributed by atoms with Crippen molar-refractivity contribution in [2.45, 2.75) is 24.9 Å². The van der Waals surface area contributed by atoms with E-state index in [-0.39, 0.29) is 35.5 Å². The van der Waals surface area contributed by atoms with Gasteiger partial charge in [0.05, 0.1) is 0 Å². The van der Waals surface area contributed by atoms with E-state index in [1.165, 1.54) is 48.5 Å². The number of hydrogen-bond donors (Lipinski definition) is 6. The van der Waals surface area contributed by atoms with E-state index < -0.39 is 35.8 Å². The van der Waals surface area contributed by atoms with Crippen LogP contribution >= 0.6 is 0 Å². The van der Waals surface area contributed by atoms with Gasteiger partial charge in [-0.1, -0.05) is 24.3 Å². The average Bonchev–Trinajstić information content (AvgIpc) is 2.85. The molecule has 0 unspecified atom stereocenters. The smallest absolute Gasteiger partial charge is 0.326 e. The van der Waals surface area contributed by atoms with Gasteiger partial charge in [-0.2, -0.15) is 0 Å². The van der Waals surface area contributed by atoms with Crippen LogP contribution in [0.4, 0.5) is 0 Å². The number of phenols is 2. The lowest BCUT2D eigenvalue weighted by Crippen LogP contribution is -2.42. The molecule has 0 aromatic heterocycles. The number of carboxylic acids is 2. The standard InChI is InChI=1S/C26H24N2O8/c29-19-9-1-15(2-10-19)13-21(25(33)34)27-23(31)17-5-7-18(8-6-17)24(32)28-22(26(35)36)14-16-3-11-20(30)12-4-16/h1-12,21-22,29-30H,13-14H2,(H,27,31)(H,28,32)(H,33,34)(H,35,36)/t21-,22-/m1/s1. The molecule has 10 nitrogen and oxygen atoms in total. The number of nitrogens with one attached hydrogen (secondary N) is 2. The quantitative estimate of drug-likeness (QED) is 0.249. The summed E-state index contributed by atoms with van der Waals surface area (Å²) in [5.41, 5.74) is 1.44. The van der Waals surface area contributed by atoms with E-state index in [9.17, 15) is 39.6 Å². The minimum absolute atomic E-state index is 0.000545. The second-order valence-electron chi connectivity index (χ2n) is 8.05. The number of carbonyl (C=O) groups excluding carboxylic acids is 2. The highest BCUT2D eigenvalue weighted by Gasteiger charge is 2.23. The Balaban J connectivity index is 1.63. The number of phenolic OH excluding ortho intramolecular Hbond substituents is 2. The van der Waals surface area contributed by atoms with Crippen LogP contribution in [0.5, 0.6) is 11.5 Å². The third-order valence-corrected chi connectivity index (χ3v) is 5.37. The van der Waals surface area contributed by atoms with Crippen LogP contribution in [0, 0.1) is 0 Å². The molecule has 0 radical (unpaired) electrons. The molecule has 3 aromatic carbocycles. The number of rotatable bonds is 10. The first-order valence-corrected chi connectivity index (χ1v) is 10.9. The Labute approximate surface area is 205 Å². The third kappa shape index (κ3) is 7.07. The molecule has 0 bridgehead atoms. The van der Waals surface area contributed by atoms with Gasteiger partial charge >= 0.3 is 11.9 Å². The lowest BCUT2D eigenvalue weighted by molar-refractivity contribution is -0.140. The van der Waals surface area contributed by atoms with Gasteiger partial charge in [0, 0.05) is 24.0 Å². The number of amides is 2. The summed E-state index contributed by atoms with van der Waals surface area (Å²) in [6, 6.07) is 14.8. The van der Waals surface area contributed by atoms with E-state index in [0.29, 0.717) is 11.1 Å². The Morgan fingerprint density at radius 3 is 1.14 bits per heavy atom. The topological polar surface area (TPSA) is 173 Å². The van der Waals surface area contributed by atoms with Crippen molar-refractivity contribution in [2.24, 2.45) is 0 Å². The van der Waals surface area contributed by atoms with Crippen molar-refractivity contribution in [2.75, 3.05) is 0 Å². The van der Waals surface area contributed by atoms with Crippen LogP contribution in [0.3, 0.4) is 0 Å². The van der Waals surface area contributed by atoms with E-state index in [0.717, 1.165) is 0 Å². The lowest BCUT2D eigenvalue weighted by Gasteiger charge is -2.16. The summed E-state index contributed by atoms with van der Waals surface area (Å²) >= 11 is 0. The maximum atomic E-state index is 12.6. The fraction of sp³-hybridized carbons (Fsp3) is 0.154. The zero-order valence-electron chi connectivity index (χ0n) is 18.9. The SMILES string of the molecule is O=C(N[C@H](Cc1ccc(O)cc1)C(=O)O)c1ccc(C(=O)N[C@H](Cc2ccc(O)cc2)C(=O)O)cc1. The van der Waals surface area contributed by atoms with Crippen LogP contribution in [0.2, 0.25) is 0 Å². The third-order valence-electron chi connectivity index (χ3n) is 5.37. The van der Waals surface area contributed by atoms with Crippen LogP contribution in [-0.4, -0.2) is 56.3 Å². The molecular weight excluding hydrogens is 468 g/mol. The van der Waals surface area contributed by atoms with Gasteiger partial charge in [-0.15, -0.1) is 0 Å². The van der Waals surface area contributed by atoms with Crippen molar-refractivity contribution in [1.29, 1.82) is 0 Å². The highest BCUT2D eigenvalue weighted by Crippen LogP contribution is 2.14. The zero-order valence-corrected chi connectivity index (χ0v) is 18.9. The van der Waals surface area contributed by atoms with Gasteiger partial charge in [0.25, 0.3) is 11.8 Å². The molecule has 0 fully saturated rings. The molecule has 0 spiro atoms. The Hall–Kier alpha value is -4.86. The molecule has 6 N–H and O–H groups in total. The largest absolute Gasteiger partial charge is 0.508 e. The van der Waals surface area contributed by atoms with Crippen molar-refractivity contribution < 1.29 is 39.6 Å². The van der Waals surface area contributed by atoms with Crippen molar-refractivity contribution in [3.8, 4) is 11.5 Å². The second kappa shape index (κ2) is 11.5. The average molecular weight is 492 g/mol. The van der Waals surface area contributed by atoms with E-state index in [1.807, 2.05) is 0 Å². The van der Waals surface area contributed by atoms with Gasteiger partial charge in [0.15, 0.2) is 0 Å². The number of aliphatic carboxylic acids is 2. The second-order valence-corrected chi connectivity index (χ2v) is 8.05. The first-order chi connectivity index (χ1) is 17.1. The van der Waals surface area contributed by atoms with Crippen LogP contribution in [-0.2, 0) is 22.4 Å². The monoisotopic (exact) mass is 492 g/mol. The summed E-state index contributed by atoms with van der Waals surface area (Å²) in [6.45, 7) is 0. The summed E-state index contributed by atoms with van der Waals surface area (Å²) in [4.78, 5) is 48.4. The van der Waals surface area contributed by atoms with Gasteiger partial charge in [0.1, 0.15) is 23.6 Å². The molecule has 0 heterocycles. The molecule has 2 amide bonds. The molecule has 3 rings (SSSR count). The zero-order chi connectivity index (χ0) is 26.2. The summed E-state index contributed by atoms with van der Waals surface area (Å²) in [5, 5.41) is 42.5. The molecule has 186 valence electrons. The van der Waals surface area contributed by atoms with E-state index in [1.54, 1.807) is 24.3 Å². The van der Waals surface area contributed by atoms with E-state index in [4.69, 9.17) is 0 Å². The number of carbonyl (C=O) groups is 4. The molecule has 10 heteroatoms. The predicted molar refractivity (Wildman–Crippen MR) is 128 cm³/mol. The Morgan fingerprint density at radius 2 is 0.861 bits per heavy atom. The minimum atomic E-state index is -1.24. The molecule has 0 aliphatic carbocycles. The number of benzene rings is 3. The molecule has 0 saturated carbocycles. The number of hydrogen-bond acceptors (Lipinski definition) is 6. The number of carboxylic acid groups (broad SMARTS) is 2. The summed E-state index contributed by atoms with van der Waals surface area (Å²) in [7, 11) is 0. The summed E-state index contributed by atoms with van der Waals surface area (Å²) in [5.74, 6) is -3.73. The Bertz CT molecular complexity index is 1140. The fourth-order valence-electron chi connectivity index (χ4n) is 3.39. The first-order valence-electron chi connectivity index (χ1n) is 10.9. The van der Waals surface area contributed by atoms with Gasteiger partial charge < -0.3 is 31.1 Å². The first kappa shape index (κ1) is 25.8. The predicted octanol–water partition coefficient (Wildman–Crippen LogP) is 1.95. The normalized spacial score (nSPS) is 12.2. The van der Waals surface area contributed by atoms with Crippen LogP contribution in [0.25, 0.3) is 0 Å². The maximum Gasteiger partial charge on any atom is 0.326 e. The van der Waals surface area contributed by atoms with Crippen molar-refractivity contribution in [3.05, 3.63) is 95.1 Å². The van der Waals surface area contributed by atoms with Crippen molar-refractivity contribution in [1.82, 2.24) is 10.6 Å². The van der Waals surface area contributed by atoms with Crippen LogP contribution < -0.4 is 10.6 Å². The van der Waals surface area contributed by atoms with E-state index >= 15 is 0 Å². The van der Waals surface area contributed by atoms with E-state index in [2.05, 4.69) is 10.6 Å². The summed E-state index contributed by atoms with van der Waals surface area (Å²) < 4.78 is 0. The fourth-order valence-corrected chi connectivity index (χ4v) is 3.39. The van der Waals surface area contributed by atoms with Crippen molar-refractivity contribution in [3.63, 3.8) is 0 Å². The van der Waals surface area contributed by atoms with Gasteiger partial charge in [-0.3, -0.25) is 9.59 Å². The highest BCUT2D eigenvalue weighted by atomic mass is 16.4. The Morgan fingerprint density at radius 1 is 0.556 bits per heavy atom. The molecular formula is C26H24N2O8. The summed E-state index contributed by atoms with van der Waals surface area (Å²) in [6.07, 6.45) is -0.00109. The molecule has 3 aromatic rings. The van der Waals surface area contributed by atoms with Crippen molar-refractivity contribution >= 4 is 23.8 Å². The minimum Gasteiger partial charge on any atom is -0.508 e. The highest BCUT2D eigenvalue weighted by molar-refractivity contribution is 6.00. The van der Waals surface area contributed by atoms with Crippen LogP contribution in [0.15, 0.2) is 72.8 Å². The molecule has 0 aliphatic rings. The van der Waals surface area contributed by atoms with Crippen LogP contribution in [0.1, 0.15) is 31.8 Å². The van der Waals surface area contributed by atoms with Gasteiger partial charge in [-0.25, -0.2) is 9.59 Å². The Kier molecular flexibility index (Phi) is 8.24. The maximum absolute atomic E-state index is 12.6. The van der Waals surface area contributed by atoms with Gasteiger partial charge in [0.2, 0.25) is 0 Å². The molecule has 36 heavy (non-hydrogen) atoms. The molecule has 0 saturated heterocycles. The van der Waals surface area contributed by atoms with Gasteiger partial charge in [-0.05, 0) is 59.7 Å². The molecule has 0 aliphatic heterocycles.